The second kappa shape index (κ2) is 7.48. The SMILES string of the molecule is COCCc1ccc(-c2c(C3CC3)nc3c(N4CCOCC4)nccn23)cn1. The van der Waals surface area contributed by atoms with Crippen molar-refractivity contribution >= 4 is 11.5 Å². The Morgan fingerprint density at radius 3 is 2.75 bits per heavy atom. The first kappa shape index (κ1) is 17.6. The van der Waals surface area contributed by atoms with Gasteiger partial charge in [0, 0.05) is 62.4 Å². The van der Waals surface area contributed by atoms with Crippen molar-refractivity contribution < 1.29 is 9.47 Å². The lowest BCUT2D eigenvalue weighted by atomic mass is 10.1. The summed E-state index contributed by atoms with van der Waals surface area (Å²) in [6.45, 7) is 3.86. The molecule has 1 aliphatic carbocycles. The molecule has 0 amide bonds. The predicted molar refractivity (Wildman–Crippen MR) is 107 cm³/mol. The third kappa shape index (κ3) is 3.25. The number of pyridine rings is 1. The maximum absolute atomic E-state index is 5.51. The molecule has 2 aliphatic rings. The molecule has 146 valence electrons. The van der Waals surface area contributed by atoms with E-state index >= 15 is 0 Å². The van der Waals surface area contributed by atoms with E-state index in [1.807, 2.05) is 18.6 Å². The van der Waals surface area contributed by atoms with Crippen LogP contribution in [0.4, 0.5) is 5.82 Å². The van der Waals surface area contributed by atoms with Crippen LogP contribution in [-0.4, -0.2) is 59.4 Å². The molecule has 1 saturated heterocycles. The second-order valence-corrected chi connectivity index (χ2v) is 7.44. The number of rotatable bonds is 6. The molecule has 0 bridgehead atoms. The van der Waals surface area contributed by atoms with E-state index in [0.29, 0.717) is 12.5 Å². The minimum absolute atomic E-state index is 0.542. The van der Waals surface area contributed by atoms with Crippen molar-refractivity contribution in [2.45, 2.75) is 25.2 Å². The Labute approximate surface area is 164 Å². The van der Waals surface area contributed by atoms with Crippen molar-refractivity contribution in [2.24, 2.45) is 0 Å². The van der Waals surface area contributed by atoms with Crippen LogP contribution in [0.3, 0.4) is 0 Å². The highest BCUT2D eigenvalue weighted by Crippen LogP contribution is 2.44. The van der Waals surface area contributed by atoms with Crippen LogP contribution < -0.4 is 4.90 Å². The van der Waals surface area contributed by atoms with E-state index < -0.39 is 0 Å². The molecular formula is C21H25N5O2. The molecular weight excluding hydrogens is 354 g/mol. The number of ether oxygens (including phenoxy) is 2. The number of fused-ring (bicyclic) bond motifs is 1. The number of hydrogen-bond acceptors (Lipinski definition) is 6. The average Bonchev–Trinajstić information content (AvgIpc) is 3.53. The van der Waals surface area contributed by atoms with Gasteiger partial charge in [-0.25, -0.2) is 9.97 Å². The van der Waals surface area contributed by atoms with E-state index in [1.165, 1.54) is 18.5 Å². The Balaban J connectivity index is 1.58. The van der Waals surface area contributed by atoms with Gasteiger partial charge < -0.3 is 14.4 Å². The molecule has 7 nitrogen and oxygen atoms in total. The fourth-order valence-corrected chi connectivity index (χ4v) is 3.83. The zero-order valence-corrected chi connectivity index (χ0v) is 16.2. The van der Waals surface area contributed by atoms with Gasteiger partial charge in [0.05, 0.1) is 31.2 Å². The average molecular weight is 379 g/mol. The Kier molecular flexibility index (Phi) is 4.70. The number of aromatic nitrogens is 4. The molecule has 0 unspecified atom stereocenters. The van der Waals surface area contributed by atoms with Crippen LogP contribution in [0.25, 0.3) is 16.9 Å². The summed E-state index contributed by atoms with van der Waals surface area (Å²) in [5.74, 6) is 1.49. The van der Waals surface area contributed by atoms with Crippen molar-refractivity contribution in [3.8, 4) is 11.3 Å². The number of nitrogens with zero attached hydrogens (tertiary/aromatic N) is 5. The summed E-state index contributed by atoms with van der Waals surface area (Å²) < 4.78 is 12.9. The Hall–Kier alpha value is -2.51. The number of anilines is 1. The van der Waals surface area contributed by atoms with Crippen LogP contribution in [0.5, 0.6) is 0 Å². The van der Waals surface area contributed by atoms with E-state index in [0.717, 1.165) is 61.1 Å². The van der Waals surface area contributed by atoms with Gasteiger partial charge in [-0.15, -0.1) is 0 Å². The van der Waals surface area contributed by atoms with Gasteiger partial charge in [0.1, 0.15) is 0 Å². The van der Waals surface area contributed by atoms with Gasteiger partial charge in [-0.05, 0) is 25.0 Å². The maximum Gasteiger partial charge on any atom is 0.181 e. The summed E-state index contributed by atoms with van der Waals surface area (Å²) in [5.41, 5.74) is 5.41. The molecule has 28 heavy (non-hydrogen) atoms. The van der Waals surface area contributed by atoms with Gasteiger partial charge in [0.2, 0.25) is 0 Å². The molecule has 0 N–H and O–H groups in total. The van der Waals surface area contributed by atoms with E-state index in [1.54, 1.807) is 7.11 Å². The van der Waals surface area contributed by atoms with E-state index in [9.17, 15) is 0 Å². The van der Waals surface area contributed by atoms with Gasteiger partial charge in [0.25, 0.3) is 0 Å². The summed E-state index contributed by atoms with van der Waals surface area (Å²) in [5, 5.41) is 0. The number of hydrogen-bond donors (Lipinski definition) is 0. The first-order chi connectivity index (χ1) is 13.8. The Morgan fingerprint density at radius 2 is 2.04 bits per heavy atom. The standard InChI is InChI=1S/C21H25N5O2/c1-27-11-6-17-5-4-16(14-23-17)19-18(15-2-3-15)24-21-20(22-7-8-26(19)21)25-9-12-28-13-10-25/h4-5,7-8,14-15H,2-3,6,9-13H2,1H3. The topological polar surface area (TPSA) is 64.8 Å². The lowest BCUT2D eigenvalue weighted by molar-refractivity contribution is 0.122. The lowest BCUT2D eigenvalue weighted by Gasteiger charge is -2.27. The van der Waals surface area contributed by atoms with Crippen LogP contribution in [0, 0.1) is 0 Å². The zero-order valence-electron chi connectivity index (χ0n) is 16.2. The quantitative estimate of drug-likeness (QED) is 0.656. The normalized spacial score (nSPS) is 17.4. The zero-order chi connectivity index (χ0) is 18.9. The maximum atomic E-state index is 5.51. The van der Waals surface area contributed by atoms with Crippen LogP contribution in [0.2, 0.25) is 0 Å². The number of imidazole rings is 1. The number of morpholine rings is 1. The van der Waals surface area contributed by atoms with Crippen LogP contribution >= 0.6 is 0 Å². The molecule has 0 spiro atoms. The molecule has 0 aromatic carbocycles. The third-order valence-corrected chi connectivity index (χ3v) is 5.49. The molecule has 0 radical (unpaired) electrons. The highest BCUT2D eigenvalue weighted by atomic mass is 16.5. The number of methoxy groups -OCH3 is 1. The van der Waals surface area contributed by atoms with Gasteiger partial charge in [0.15, 0.2) is 11.5 Å². The lowest BCUT2D eigenvalue weighted by Crippen LogP contribution is -2.37. The summed E-state index contributed by atoms with van der Waals surface area (Å²) in [7, 11) is 1.72. The van der Waals surface area contributed by atoms with Gasteiger partial charge >= 0.3 is 0 Å². The molecule has 4 heterocycles. The molecule has 0 atom stereocenters. The molecule has 3 aromatic rings. The molecule has 3 aromatic heterocycles. The van der Waals surface area contributed by atoms with Crippen molar-refractivity contribution in [3.05, 3.63) is 42.1 Å². The van der Waals surface area contributed by atoms with Crippen molar-refractivity contribution in [1.29, 1.82) is 0 Å². The summed E-state index contributed by atoms with van der Waals surface area (Å²) >= 11 is 0. The summed E-state index contributed by atoms with van der Waals surface area (Å²) in [4.78, 5) is 16.7. The first-order valence-electron chi connectivity index (χ1n) is 9.99. The second-order valence-electron chi connectivity index (χ2n) is 7.44. The van der Waals surface area contributed by atoms with Crippen LogP contribution in [0.1, 0.15) is 30.1 Å². The van der Waals surface area contributed by atoms with Crippen molar-refractivity contribution in [2.75, 3.05) is 44.9 Å². The fraction of sp³-hybridized carbons (Fsp3) is 0.476. The highest BCUT2D eigenvalue weighted by Gasteiger charge is 2.32. The highest BCUT2D eigenvalue weighted by molar-refractivity contribution is 5.74. The summed E-state index contributed by atoms with van der Waals surface area (Å²) in [6.07, 6.45) is 9.10. The van der Waals surface area contributed by atoms with Gasteiger partial charge in [-0.3, -0.25) is 9.38 Å². The van der Waals surface area contributed by atoms with Crippen LogP contribution in [-0.2, 0) is 15.9 Å². The third-order valence-electron chi connectivity index (χ3n) is 5.49. The van der Waals surface area contributed by atoms with Crippen molar-refractivity contribution in [3.63, 3.8) is 0 Å². The van der Waals surface area contributed by atoms with Crippen molar-refractivity contribution in [1.82, 2.24) is 19.4 Å². The van der Waals surface area contributed by atoms with Gasteiger partial charge in [-0.2, -0.15) is 0 Å². The molecule has 1 saturated carbocycles. The minimum Gasteiger partial charge on any atom is -0.384 e. The Bertz CT molecular complexity index is 959. The largest absolute Gasteiger partial charge is 0.384 e. The minimum atomic E-state index is 0.542. The first-order valence-corrected chi connectivity index (χ1v) is 9.99. The predicted octanol–water partition coefficient (Wildman–Crippen LogP) is 2.69. The van der Waals surface area contributed by atoms with E-state index in [-0.39, 0.29) is 0 Å². The Morgan fingerprint density at radius 1 is 1.18 bits per heavy atom. The van der Waals surface area contributed by atoms with E-state index in [4.69, 9.17) is 14.5 Å². The molecule has 1 aliphatic heterocycles. The smallest absolute Gasteiger partial charge is 0.181 e. The molecule has 2 fully saturated rings. The van der Waals surface area contributed by atoms with Crippen LogP contribution in [0.15, 0.2) is 30.7 Å². The molecule has 7 heteroatoms. The summed E-state index contributed by atoms with van der Waals surface area (Å²) in [6, 6.07) is 4.25. The van der Waals surface area contributed by atoms with E-state index in [2.05, 4.69) is 31.4 Å². The van der Waals surface area contributed by atoms with Gasteiger partial charge in [-0.1, -0.05) is 0 Å². The molecule has 5 rings (SSSR count). The monoisotopic (exact) mass is 379 g/mol. The fourth-order valence-electron chi connectivity index (χ4n) is 3.83.